The van der Waals surface area contributed by atoms with Crippen LogP contribution in [-0.2, 0) is 11.3 Å². The fraction of sp³-hybridized carbons (Fsp3) is 0.375. The number of H-pyrrole nitrogens is 1. The van der Waals surface area contributed by atoms with Crippen LogP contribution in [0.2, 0.25) is 0 Å². The maximum atomic E-state index is 11.8. The number of benzene rings is 2. The third kappa shape index (κ3) is 3.87. The lowest BCUT2D eigenvalue weighted by atomic mass is 9.94. The molecular weight excluding hydrogens is 362 g/mol. The van der Waals surface area contributed by atoms with Crippen molar-refractivity contribution in [3.8, 4) is 5.75 Å². The van der Waals surface area contributed by atoms with E-state index in [0.717, 1.165) is 25.4 Å². The van der Waals surface area contributed by atoms with Gasteiger partial charge in [0.05, 0.1) is 12.6 Å². The van der Waals surface area contributed by atoms with Gasteiger partial charge in [-0.3, -0.25) is 9.69 Å². The van der Waals surface area contributed by atoms with Crippen molar-refractivity contribution in [2.45, 2.75) is 39.3 Å². The molecule has 1 amide bonds. The zero-order valence-corrected chi connectivity index (χ0v) is 17.6. The minimum absolute atomic E-state index is 0.0214. The second kappa shape index (κ2) is 7.91. The topological polar surface area (TPSA) is 57.4 Å². The fourth-order valence-electron chi connectivity index (χ4n) is 4.53. The molecule has 29 heavy (non-hydrogen) atoms. The van der Waals surface area contributed by atoms with Crippen LogP contribution in [0.5, 0.6) is 5.75 Å². The highest BCUT2D eigenvalue weighted by Gasteiger charge is 2.34. The summed E-state index contributed by atoms with van der Waals surface area (Å²) < 4.78 is 5.29. The number of rotatable bonds is 5. The summed E-state index contributed by atoms with van der Waals surface area (Å²) in [5.41, 5.74) is 6.30. The minimum atomic E-state index is 0.0214. The van der Waals surface area contributed by atoms with Crippen LogP contribution in [0.4, 0.5) is 0 Å². The van der Waals surface area contributed by atoms with Gasteiger partial charge < -0.3 is 15.0 Å². The summed E-state index contributed by atoms with van der Waals surface area (Å²) in [6.07, 6.45) is 0. The Labute approximate surface area is 172 Å². The van der Waals surface area contributed by atoms with Crippen LogP contribution in [-0.4, -0.2) is 42.0 Å². The highest BCUT2D eigenvalue weighted by molar-refractivity contribution is 5.87. The summed E-state index contributed by atoms with van der Waals surface area (Å²) in [4.78, 5) is 17.8. The second-order valence-corrected chi connectivity index (χ2v) is 8.10. The van der Waals surface area contributed by atoms with Gasteiger partial charge in [0.25, 0.3) is 0 Å². The molecule has 0 radical (unpaired) electrons. The lowest BCUT2D eigenvalue weighted by Gasteiger charge is -2.19. The fourth-order valence-corrected chi connectivity index (χ4v) is 4.53. The molecule has 0 unspecified atom stereocenters. The molecule has 4 rings (SSSR count). The van der Waals surface area contributed by atoms with Gasteiger partial charge in [0.2, 0.25) is 5.91 Å². The lowest BCUT2D eigenvalue weighted by Crippen LogP contribution is -2.38. The van der Waals surface area contributed by atoms with Crippen LogP contribution in [0.15, 0.2) is 42.5 Å². The first kappa shape index (κ1) is 19.5. The number of hydrogen-bond donors (Lipinski definition) is 2. The van der Waals surface area contributed by atoms with Gasteiger partial charge in [-0.15, -0.1) is 0 Å². The van der Waals surface area contributed by atoms with Gasteiger partial charge in [-0.25, -0.2) is 0 Å². The molecule has 3 aromatic rings. The predicted octanol–water partition coefficient (Wildman–Crippen LogP) is 3.90. The van der Waals surface area contributed by atoms with Crippen molar-refractivity contribution in [1.29, 1.82) is 0 Å². The number of likely N-dealkylation sites (tertiary alicyclic amines) is 1. The van der Waals surface area contributed by atoms with E-state index in [1.54, 1.807) is 14.0 Å². The van der Waals surface area contributed by atoms with E-state index >= 15 is 0 Å². The SMILES string of the molecule is COc1ccc([C@@H]2CN(Cc3cccc4c(C)c(C)[nH]c34)C[C@H]2NC(C)=O)cc1. The van der Waals surface area contributed by atoms with E-state index in [0.29, 0.717) is 0 Å². The van der Waals surface area contributed by atoms with Crippen LogP contribution in [0.25, 0.3) is 10.9 Å². The summed E-state index contributed by atoms with van der Waals surface area (Å²) in [7, 11) is 1.68. The molecule has 0 spiro atoms. The Morgan fingerprint density at radius 2 is 1.93 bits per heavy atom. The molecule has 1 aromatic heterocycles. The molecular formula is C24H29N3O2. The summed E-state index contributed by atoms with van der Waals surface area (Å²) >= 11 is 0. The smallest absolute Gasteiger partial charge is 0.217 e. The van der Waals surface area contributed by atoms with Gasteiger partial charge >= 0.3 is 0 Å². The third-order valence-corrected chi connectivity index (χ3v) is 6.15. The highest BCUT2D eigenvalue weighted by atomic mass is 16.5. The van der Waals surface area contributed by atoms with Gasteiger partial charge in [0, 0.05) is 49.6 Å². The first-order chi connectivity index (χ1) is 14.0. The molecule has 0 saturated carbocycles. The van der Waals surface area contributed by atoms with Crippen molar-refractivity contribution >= 4 is 16.8 Å². The largest absolute Gasteiger partial charge is 0.497 e. The molecule has 2 atom stereocenters. The molecule has 1 saturated heterocycles. The van der Waals surface area contributed by atoms with Gasteiger partial charge in [-0.1, -0.05) is 30.3 Å². The molecule has 0 aliphatic carbocycles. The maximum Gasteiger partial charge on any atom is 0.217 e. The number of fused-ring (bicyclic) bond motifs is 1. The standard InChI is InChI=1S/C24H29N3O2/c1-15-16(2)25-24-19(6-5-7-21(15)24)12-27-13-22(23(14-27)26-17(3)28)18-8-10-20(29-4)11-9-18/h5-11,22-23,25H,12-14H2,1-4H3,(H,26,28)/t22-,23+/m0/s1. The van der Waals surface area contributed by atoms with Gasteiger partial charge in [-0.05, 0) is 42.7 Å². The van der Waals surface area contributed by atoms with Crippen LogP contribution in [0.3, 0.4) is 0 Å². The summed E-state index contributed by atoms with van der Waals surface area (Å²) in [6, 6.07) is 14.8. The Kier molecular flexibility index (Phi) is 5.33. The number of amides is 1. The first-order valence-electron chi connectivity index (χ1n) is 10.2. The van der Waals surface area contributed by atoms with Crippen molar-refractivity contribution < 1.29 is 9.53 Å². The number of para-hydroxylation sites is 1. The minimum Gasteiger partial charge on any atom is -0.497 e. The summed E-state index contributed by atoms with van der Waals surface area (Å²) in [6.45, 7) is 8.50. The second-order valence-electron chi connectivity index (χ2n) is 8.10. The first-order valence-corrected chi connectivity index (χ1v) is 10.2. The normalized spacial score (nSPS) is 19.6. The van der Waals surface area contributed by atoms with Crippen LogP contribution in [0, 0.1) is 13.8 Å². The van der Waals surface area contributed by atoms with Crippen LogP contribution >= 0.6 is 0 Å². The number of nitrogens with one attached hydrogen (secondary N) is 2. The quantitative estimate of drug-likeness (QED) is 0.694. The maximum absolute atomic E-state index is 11.8. The molecule has 5 nitrogen and oxygen atoms in total. The molecule has 2 heterocycles. The molecule has 1 fully saturated rings. The van der Waals surface area contributed by atoms with Gasteiger partial charge in [-0.2, -0.15) is 0 Å². The Hall–Kier alpha value is -2.79. The summed E-state index contributed by atoms with van der Waals surface area (Å²) in [5, 5.41) is 4.46. The average molecular weight is 392 g/mol. The Morgan fingerprint density at radius 3 is 2.62 bits per heavy atom. The summed E-state index contributed by atoms with van der Waals surface area (Å²) in [5.74, 6) is 1.13. The van der Waals surface area contributed by atoms with E-state index in [1.165, 1.54) is 33.3 Å². The van der Waals surface area contributed by atoms with Crippen molar-refractivity contribution in [3.05, 3.63) is 64.8 Å². The number of aromatic amines is 1. The van der Waals surface area contributed by atoms with E-state index < -0.39 is 0 Å². The van der Waals surface area contributed by atoms with Crippen molar-refractivity contribution in [1.82, 2.24) is 15.2 Å². The van der Waals surface area contributed by atoms with Gasteiger partial charge in [0.15, 0.2) is 0 Å². The Morgan fingerprint density at radius 1 is 1.17 bits per heavy atom. The number of carbonyl (C=O) groups excluding carboxylic acids is 1. The van der Waals surface area contributed by atoms with E-state index in [9.17, 15) is 4.79 Å². The number of ether oxygens (including phenoxy) is 1. The number of hydrogen-bond acceptors (Lipinski definition) is 3. The van der Waals surface area contributed by atoms with Gasteiger partial charge in [0.1, 0.15) is 5.75 Å². The number of nitrogens with zero attached hydrogens (tertiary/aromatic N) is 1. The van der Waals surface area contributed by atoms with Crippen molar-refractivity contribution in [2.24, 2.45) is 0 Å². The zero-order chi connectivity index (χ0) is 20.5. The number of carbonyl (C=O) groups is 1. The molecule has 2 aromatic carbocycles. The van der Waals surface area contributed by atoms with E-state index in [4.69, 9.17) is 4.74 Å². The Bertz CT molecular complexity index is 1020. The molecule has 1 aliphatic heterocycles. The zero-order valence-electron chi connectivity index (χ0n) is 17.6. The number of aromatic nitrogens is 1. The molecule has 5 heteroatoms. The van der Waals surface area contributed by atoms with E-state index in [1.807, 2.05) is 12.1 Å². The number of aryl methyl sites for hydroxylation is 2. The molecule has 1 aliphatic rings. The third-order valence-electron chi connectivity index (χ3n) is 6.15. The molecule has 2 N–H and O–H groups in total. The Balaban J connectivity index is 1.59. The lowest BCUT2D eigenvalue weighted by molar-refractivity contribution is -0.119. The van der Waals surface area contributed by atoms with E-state index in [2.05, 4.69) is 59.4 Å². The molecule has 0 bridgehead atoms. The van der Waals surface area contributed by atoms with Crippen molar-refractivity contribution in [2.75, 3.05) is 20.2 Å². The molecule has 152 valence electrons. The van der Waals surface area contributed by atoms with E-state index in [-0.39, 0.29) is 17.9 Å². The monoisotopic (exact) mass is 391 g/mol. The predicted molar refractivity (Wildman–Crippen MR) is 116 cm³/mol. The number of methoxy groups -OCH3 is 1. The van der Waals surface area contributed by atoms with Crippen LogP contribution in [0.1, 0.15) is 35.2 Å². The van der Waals surface area contributed by atoms with Crippen molar-refractivity contribution in [3.63, 3.8) is 0 Å². The highest BCUT2D eigenvalue weighted by Crippen LogP contribution is 2.31. The average Bonchev–Trinajstić information content (AvgIpc) is 3.23. The van der Waals surface area contributed by atoms with Crippen LogP contribution < -0.4 is 10.1 Å².